The van der Waals surface area contributed by atoms with Gasteiger partial charge in [-0.2, -0.15) is 0 Å². The molecule has 1 aliphatic rings. The van der Waals surface area contributed by atoms with Crippen molar-refractivity contribution in [1.29, 1.82) is 0 Å². The molecule has 6 heteroatoms. The van der Waals surface area contributed by atoms with Gasteiger partial charge in [0.15, 0.2) is 15.6 Å². The first-order valence-corrected chi connectivity index (χ1v) is 9.88. The minimum absolute atomic E-state index is 0.130. The molecule has 22 heavy (non-hydrogen) atoms. The molecule has 1 heterocycles. The van der Waals surface area contributed by atoms with Crippen LogP contribution in [0.15, 0.2) is 16.5 Å². The highest BCUT2D eigenvalue weighted by Crippen LogP contribution is 2.33. The lowest BCUT2D eigenvalue weighted by atomic mass is 9.99. The van der Waals surface area contributed by atoms with E-state index in [1.165, 1.54) is 0 Å². The first-order chi connectivity index (χ1) is 10.2. The van der Waals surface area contributed by atoms with E-state index >= 15 is 0 Å². The van der Waals surface area contributed by atoms with Gasteiger partial charge in [-0.25, -0.2) is 8.42 Å². The molecule has 1 aliphatic carbocycles. The number of amides is 1. The second-order valence-corrected chi connectivity index (χ2v) is 8.55. The third-order valence-corrected chi connectivity index (χ3v) is 5.17. The van der Waals surface area contributed by atoms with E-state index in [4.69, 9.17) is 4.42 Å². The van der Waals surface area contributed by atoms with Crippen molar-refractivity contribution in [1.82, 2.24) is 4.90 Å². The van der Waals surface area contributed by atoms with Gasteiger partial charge in [-0.15, -0.1) is 0 Å². The molecule has 1 aromatic rings. The van der Waals surface area contributed by atoms with E-state index in [0.29, 0.717) is 17.7 Å². The third-order valence-electron chi connectivity index (χ3n) is 4.36. The van der Waals surface area contributed by atoms with Crippen molar-refractivity contribution in [3.8, 4) is 0 Å². The molecule has 124 valence electrons. The third kappa shape index (κ3) is 4.12. The van der Waals surface area contributed by atoms with Crippen LogP contribution < -0.4 is 0 Å². The van der Waals surface area contributed by atoms with Gasteiger partial charge in [0.2, 0.25) is 0 Å². The fourth-order valence-electron chi connectivity index (χ4n) is 2.61. The van der Waals surface area contributed by atoms with E-state index in [1.807, 2.05) is 4.90 Å². The summed E-state index contributed by atoms with van der Waals surface area (Å²) in [5.41, 5.74) is 0. The van der Waals surface area contributed by atoms with Gasteiger partial charge >= 0.3 is 0 Å². The highest BCUT2D eigenvalue weighted by atomic mass is 32.2. The maximum Gasteiger partial charge on any atom is 0.290 e. The normalized spacial score (nSPS) is 18.0. The standard InChI is InChI=1S/C16H25NO4S/c1-5-11(2)12(3)17(13-6-7-13)16(18)15-9-8-14(21-15)10-22(4,19)20/h8-9,11-13H,5-7,10H2,1-4H3/t11-,12+/m1/s1. The molecule has 0 N–H and O–H groups in total. The highest BCUT2D eigenvalue weighted by Gasteiger charge is 2.38. The van der Waals surface area contributed by atoms with Crippen molar-refractivity contribution in [3.63, 3.8) is 0 Å². The second-order valence-electron chi connectivity index (χ2n) is 6.41. The van der Waals surface area contributed by atoms with Crippen LogP contribution in [-0.2, 0) is 15.6 Å². The van der Waals surface area contributed by atoms with Crippen LogP contribution in [-0.4, -0.2) is 37.6 Å². The van der Waals surface area contributed by atoms with Crippen LogP contribution in [0.2, 0.25) is 0 Å². The molecule has 2 rings (SSSR count). The van der Waals surface area contributed by atoms with E-state index in [2.05, 4.69) is 20.8 Å². The Balaban J connectivity index is 2.17. The van der Waals surface area contributed by atoms with Gasteiger partial charge in [0.1, 0.15) is 11.5 Å². The van der Waals surface area contributed by atoms with Gasteiger partial charge in [0.05, 0.1) is 0 Å². The van der Waals surface area contributed by atoms with Crippen molar-refractivity contribution >= 4 is 15.7 Å². The Morgan fingerprint density at radius 1 is 1.36 bits per heavy atom. The number of furan rings is 1. The lowest BCUT2D eigenvalue weighted by Gasteiger charge is -2.32. The predicted octanol–water partition coefficient (Wildman–Crippen LogP) is 2.86. The molecule has 0 radical (unpaired) electrons. The van der Waals surface area contributed by atoms with Crippen LogP contribution >= 0.6 is 0 Å². The van der Waals surface area contributed by atoms with Gasteiger partial charge in [0, 0.05) is 18.3 Å². The average molecular weight is 327 g/mol. The van der Waals surface area contributed by atoms with Gasteiger partial charge in [-0.1, -0.05) is 20.3 Å². The van der Waals surface area contributed by atoms with Crippen LogP contribution in [0.25, 0.3) is 0 Å². The number of carbonyl (C=O) groups is 1. The number of hydrogen-bond acceptors (Lipinski definition) is 4. The molecular weight excluding hydrogens is 302 g/mol. The molecule has 0 spiro atoms. The van der Waals surface area contributed by atoms with Gasteiger partial charge in [0.25, 0.3) is 5.91 Å². The molecule has 1 fully saturated rings. The Morgan fingerprint density at radius 2 is 2.00 bits per heavy atom. The van der Waals surface area contributed by atoms with Crippen molar-refractivity contribution in [2.24, 2.45) is 5.92 Å². The Bertz CT molecular complexity index is 630. The van der Waals surface area contributed by atoms with Crippen LogP contribution in [0.1, 0.15) is 56.3 Å². The number of carbonyl (C=O) groups excluding carboxylic acids is 1. The summed E-state index contributed by atoms with van der Waals surface area (Å²) in [5.74, 6) is 0.661. The summed E-state index contributed by atoms with van der Waals surface area (Å²) in [7, 11) is -3.17. The zero-order valence-corrected chi connectivity index (χ0v) is 14.5. The van der Waals surface area contributed by atoms with Gasteiger partial charge in [-0.3, -0.25) is 4.79 Å². The summed E-state index contributed by atoms with van der Waals surface area (Å²) >= 11 is 0. The molecule has 0 bridgehead atoms. The van der Waals surface area contributed by atoms with Crippen molar-refractivity contribution in [2.75, 3.05) is 6.26 Å². The fraction of sp³-hybridized carbons (Fsp3) is 0.688. The maximum absolute atomic E-state index is 12.7. The summed E-state index contributed by atoms with van der Waals surface area (Å²) in [6, 6.07) is 3.60. The summed E-state index contributed by atoms with van der Waals surface area (Å²) in [5, 5.41) is 0. The van der Waals surface area contributed by atoms with Crippen LogP contribution in [0.5, 0.6) is 0 Å². The van der Waals surface area contributed by atoms with E-state index in [-0.39, 0.29) is 23.5 Å². The lowest BCUT2D eigenvalue weighted by molar-refractivity contribution is 0.0581. The monoisotopic (exact) mass is 327 g/mol. The quantitative estimate of drug-likeness (QED) is 0.772. The predicted molar refractivity (Wildman–Crippen MR) is 85.4 cm³/mol. The first-order valence-electron chi connectivity index (χ1n) is 7.82. The van der Waals surface area contributed by atoms with E-state index in [0.717, 1.165) is 25.5 Å². The second kappa shape index (κ2) is 6.44. The smallest absolute Gasteiger partial charge is 0.290 e. The van der Waals surface area contributed by atoms with Crippen LogP contribution in [0, 0.1) is 5.92 Å². The Labute approximate surface area is 132 Å². The molecule has 1 saturated carbocycles. The minimum atomic E-state index is -3.17. The van der Waals surface area contributed by atoms with E-state index < -0.39 is 9.84 Å². The van der Waals surface area contributed by atoms with Gasteiger partial charge in [-0.05, 0) is 37.8 Å². The summed E-state index contributed by atoms with van der Waals surface area (Å²) in [4.78, 5) is 14.7. The summed E-state index contributed by atoms with van der Waals surface area (Å²) < 4.78 is 28.1. The highest BCUT2D eigenvalue weighted by molar-refractivity contribution is 7.89. The van der Waals surface area contributed by atoms with Crippen molar-refractivity contribution < 1.29 is 17.6 Å². The molecule has 5 nitrogen and oxygen atoms in total. The first kappa shape index (κ1) is 17.1. The largest absolute Gasteiger partial charge is 0.455 e. The summed E-state index contributed by atoms with van der Waals surface area (Å²) in [6.45, 7) is 6.34. The Morgan fingerprint density at radius 3 is 2.50 bits per heavy atom. The zero-order chi connectivity index (χ0) is 16.5. The topological polar surface area (TPSA) is 67.6 Å². The van der Waals surface area contributed by atoms with Crippen LogP contribution in [0.3, 0.4) is 0 Å². The Kier molecular flexibility index (Phi) is 5.00. The van der Waals surface area contributed by atoms with Gasteiger partial charge < -0.3 is 9.32 Å². The molecular formula is C16H25NO4S. The molecule has 0 unspecified atom stereocenters. The number of nitrogens with zero attached hydrogens (tertiary/aromatic N) is 1. The molecule has 1 amide bonds. The Hall–Kier alpha value is -1.30. The number of rotatable bonds is 7. The fourth-order valence-corrected chi connectivity index (χ4v) is 3.28. The molecule has 0 aromatic carbocycles. The van der Waals surface area contributed by atoms with E-state index in [1.54, 1.807) is 12.1 Å². The van der Waals surface area contributed by atoms with Crippen molar-refractivity contribution in [2.45, 2.75) is 57.9 Å². The molecule has 2 atom stereocenters. The lowest BCUT2D eigenvalue weighted by Crippen LogP contribution is -2.43. The summed E-state index contributed by atoms with van der Waals surface area (Å²) in [6.07, 6.45) is 4.22. The molecule has 0 aliphatic heterocycles. The SMILES string of the molecule is CC[C@@H](C)[C@H](C)N(C(=O)c1ccc(CS(C)(=O)=O)o1)C1CC1. The minimum Gasteiger partial charge on any atom is -0.455 e. The number of sulfone groups is 1. The average Bonchev–Trinajstić information content (AvgIpc) is 3.15. The maximum atomic E-state index is 12.7. The van der Waals surface area contributed by atoms with Crippen molar-refractivity contribution in [3.05, 3.63) is 23.7 Å². The zero-order valence-electron chi connectivity index (χ0n) is 13.7. The number of hydrogen-bond donors (Lipinski definition) is 0. The molecule has 0 saturated heterocycles. The van der Waals surface area contributed by atoms with E-state index in [9.17, 15) is 13.2 Å². The van der Waals surface area contributed by atoms with Crippen LogP contribution in [0.4, 0.5) is 0 Å². The molecule has 1 aromatic heterocycles.